The van der Waals surface area contributed by atoms with E-state index in [2.05, 4.69) is 54.6 Å². The van der Waals surface area contributed by atoms with Crippen LogP contribution in [0.4, 0.5) is 0 Å². The SMILES string of the molecule is O=C(O)C1CCCC(CCCC=C(c2ccccc2)c2ccccc2)C1. The number of hydrogen-bond acceptors (Lipinski definition) is 1. The predicted molar refractivity (Wildman–Crippen MR) is 107 cm³/mol. The minimum Gasteiger partial charge on any atom is -0.481 e. The van der Waals surface area contributed by atoms with Crippen LogP contribution in [-0.2, 0) is 4.79 Å². The van der Waals surface area contributed by atoms with E-state index in [9.17, 15) is 9.90 Å². The van der Waals surface area contributed by atoms with Crippen LogP contribution in [0.3, 0.4) is 0 Å². The third kappa shape index (κ3) is 5.08. The smallest absolute Gasteiger partial charge is 0.306 e. The molecule has 2 heteroatoms. The van der Waals surface area contributed by atoms with Crippen molar-refractivity contribution in [2.24, 2.45) is 11.8 Å². The zero-order chi connectivity index (χ0) is 18.2. The first-order chi connectivity index (χ1) is 12.7. The van der Waals surface area contributed by atoms with E-state index in [1.807, 2.05) is 12.1 Å². The van der Waals surface area contributed by atoms with Crippen LogP contribution in [0.25, 0.3) is 5.57 Å². The highest BCUT2D eigenvalue weighted by molar-refractivity contribution is 5.79. The van der Waals surface area contributed by atoms with Gasteiger partial charge in [0.25, 0.3) is 0 Å². The lowest BCUT2D eigenvalue weighted by Gasteiger charge is -2.26. The van der Waals surface area contributed by atoms with Crippen molar-refractivity contribution in [3.05, 3.63) is 77.9 Å². The molecule has 0 aromatic heterocycles. The molecule has 0 saturated heterocycles. The first kappa shape index (κ1) is 18.4. The molecule has 0 spiro atoms. The highest BCUT2D eigenvalue weighted by Crippen LogP contribution is 2.33. The molecule has 0 radical (unpaired) electrons. The molecular formula is C24H28O2. The lowest BCUT2D eigenvalue weighted by Crippen LogP contribution is -2.22. The van der Waals surface area contributed by atoms with Crippen molar-refractivity contribution in [2.45, 2.75) is 44.9 Å². The normalized spacial score (nSPS) is 19.7. The summed E-state index contributed by atoms with van der Waals surface area (Å²) in [6.45, 7) is 0. The predicted octanol–water partition coefficient (Wildman–Crippen LogP) is 6.18. The Balaban J connectivity index is 1.61. The Kier molecular flexibility index (Phi) is 6.65. The van der Waals surface area contributed by atoms with E-state index in [1.54, 1.807) is 0 Å². The largest absolute Gasteiger partial charge is 0.481 e. The summed E-state index contributed by atoms with van der Waals surface area (Å²) in [5.74, 6) is -0.145. The molecular weight excluding hydrogens is 320 g/mol. The summed E-state index contributed by atoms with van der Waals surface area (Å²) in [7, 11) is 0. The maximum Gasteiger partial charge on any atom is 0.306 e. The maximum atomic E-state index is 11.2. The van der Waals surface area contributed by atoms with Crippen LogP contribution in [0.2, 0.25) is 0 Å². The van der Waals surface area contributed by atoms with Gasteiger partial charge in [0.2, 0.25) is 0 Å². The lowest BCUT2D eigenvalue weighted by molar-refractivity contribution is -0.143. The number of carboxylic acid groups (broad SMARTS) is 1. The lowest BCUT2D eigenvalue weighted by atomic mass is 9.79. The zero-order valence-electron chi connectivity index (χ0n) is 15.3. The molecule has 1 N–H and O–H groups in total. The van der Waals surface area contributed by atoms with E-state index >= 15 is 0 Å². The summed E-state index contributed by atoms with van der Waals surface area (Å²) in [4.78, 5) is 11.2. The van der Waals surface area contributed by atoms with Gasteiger partial charge >= 0.3 is 5.97 Å². The number of allylic oxidation sites excluding steroid dienone is 1. The third-order valence-corrected chi connectivity index (χ3v) is 5.47. The molecule has 0 bridgehead atoms. The first-order valence-corrected chi connectivity index (χ1v) is 9.78. The van der Waals surface area contributed by atoms with Gasteiger partial charge in [-0.25, -0.2) is 0 Å². The number of benzene rings is 2. The summed E-state index contributed by atoms with van der Waals surface area (Å²) in [5, 5.41) is 9.24. The van der Waals surface area contributed by atoms with Crippen molar-refractivity contribution in [2.75, 3.05) is 0 Å². The van der Waals surface area contributed by atoms with Crippen molar-refractivity contribution in [1.29, 1.82) is 0 Å². The van der Waals surface area contributed by atoms with E-state index in [0.29, 0.717) is 5.92 Å². The molecule has 2 nitrogen and oxygen atoms in total. The number of carboxylic acids is 1. The summed E-state index contributed by atoms with van der Waals surface area (Å²) in [5.41, 5.74) is 3.79. The Bertz CT molecular complexity index is 677. The number of aliphatic carboxylic acids is 1. The van der Waals surface area contributed by atoms with Crippen LogP contribution in [-0.4, -0.2) is 11.1 Å². The van der Waals surface area contributed by atoms with E-state index < -0.39 is 5.97 Å². The summed E-state index contributed by atoms with van der Waals surface area (Å²) >= 11 is 0. The number of rotatable bonds is 7. The molecule has 2 unspecified atom stereocenters. The molecule has 2 aromatic rings. The highest BCUT2D eigenvalue weighted by Gasteiger charge is 2.26. The molecule has 26 heavy (non-hydrogen) atoms. The van der Waals surface area contributed by atoms with Crippen LogP contribution in [0.5, 0.6) is 0 Å². The quantitative estimate of drug-likeness (QED) is 0.607. The second-order valence-electron chi connectivity index (χ2n) is 7.35. The van der Waals surface area contributed by atoms with Gasteiger partial charge in [-0.3, -0.25) is 4.79 Å². The molecule has 0 heterocycles. The van der Waals surface area contributed by atoms with Crippen LogP contribution < -0.4 is 0 Å². The van der Waals surface area contributed by atoms with Gasteiger partial charge in [-0.1, -0.05) is 86.0 Å². The molecule has 0 aliphatic heterocycles. The maximum absolute atomic E-state index is 11.2. The van der Waals surface area contributed by atoms with E-state index in [4.69, 9.17) is 0 Å². The van der Waals surface area contributed by atoms with Crippen molar-refractivity contribution in [3.63, 3.8) is 0 Å². The molecule has 3 rings (SSSR count). The van der Waals surface area contributed by atoms with Crippen LogP contribution >= 0.6 is 0 Å². The summed E-state index contributed by atoms with van der Waals surface area (Å²) in [6.07, 6.45) is 9.63. The van der Waals surface area contributed by atoms with Crippen LogP contribution in [0.15, 0.2) is 66.7 Å². The van der Waals surface area contributed by atoms with Gasteiger partial charge < -0.3 is 5.11 Å². The summed E-state index contributed by atoms with van der Waals surface area (Å²) in [6, 6.07) is 21.1. The minimum absolute atomic E-state index is 0.117. The average molecular weight is 348 g/mol. The van der Waals surface area contributed by atoms with E-state index in [1.165, 1.54) is 23.1 Å². The van der Waals surface area contributed by atoms with Gasteiger partial charge in [0, 0.05) is 0 Å². The average Bonchev–Trinajstić information content (AvgIpc) is 2.69. The second kappa shape index (κ2) is 9.38. The Labute approximate surface area is 156 Å². The van der Waals surface area contributed by atoms with Gasteiger partial charge in [-0.2, -0.15) is 0 Å². The van der Waals surface area contributed by atoms with E-state index in [-0.39, 0.29) is 5.92 Å². The Morgan fingerprint density at radius 2 is 1.58 bits per heavy atom. The molecule has 136 valence electrons. The Morgan fingerprint density at radius 1 is 0.962 bits per heavy atom. The van der Waals surface area contributed by atoms with Gasteiger partial charge in [0.15, 0.2) is 0 Å². The second-order valence-corrected chi connectivity index (χ2v) is 7.35. The Morgan fingerprint density at radius 3 is 2.15 bits per heavy atom. The fraction of sp³-hybridized carbons (Fsp3) is 0.375. The standard InChI is InChI=1S/C24H28O2/c25-24(26)22-16-9-11-19(18-22)10-7-8-17-23(20-12-3-1-4-13-20)21-14-5-2-6-15-21/h1-6,12-15,17,19,22H,7-11,16,18H2,(H,25,26). The number of hydrogen-bond donors (Lipinski definition) is 1. The van der Waals surface area contributed by atoms with Crippen molar-refractivity contribution < 1.29 is 9.90 Å². The molecule has 1 aliphatic carbocycles. The highest BCUT2D eigenvalue weighted by atomic mass is 16.4. The fourth-order valence-corrected chi connectivity index (χ4v) is 4.07. The van der Waals surface area contributed by atoms with Gasteiger partial charge in [-0.15, -0.1) is 0 Å². The van der Waals surface area contributed by atoms with Gasteiger partial charge in [0.05, 0.1) is 5.92 Å². The molecule has 2 aromatic carbocycles. The first-order valence-electron chi connectivity index (χ1n) is 9.78. The number of unbranched alkanes of at least 4 members (excludes halogenated alkanes) is 1. The Hall–Kier alpha value is -2.35. The molecule has 1 fully saturated rings. The minimum atomic E-state index is -0.606. The molecule has 0 amide bonds. The van der Waals surface area contributed by atoms with Crippen LogP contribution in [0, 0.1) is 11.8 Å². The summed E-state index contributed by atoms with van der Waals surface area (Å²) < 4.78 is 0. The molecule has 1 saturated carbocycles. The molecule has 2 atom stereocenters. The van der Waals surface area contributed by atoms with Gasteiger partial charge in [0.1, 0.15) is 0 Å². The van der Waals surface area contributed by atoms with Gasteiger partial charge in [-0.05, 0) is 48.3 Å². The monoisotopic (exact) mass is 348 g/mol. The third-order valence-electron chi connectivity index (χ3n) is 5.47. The fourth-order valence-electron chi connectivity index (χ4n) is 4.07. The van der Waals surface area contributed by atoms with Crippen molar-refractivity contribution in [1.82, 2.24) is 0 Å². The van der Waals surface area contributed by atoms with Crippen molar-refractivity contribution in [3.8, 4) is 0 Å². The zero-order valence-corrected chi connectivity index (χ0v) is 15.3. The molecule has 1 aliphatic rings. The van der Waals surface area contributed by atoms with E-state index in [0.717, 1.165) is 38.5 Å². The van der Waals surface area contributed by atoms with Crippen molar-refractivity contribution >= 4 is 11.5 Å². The van der Waals surface area contributed by atoms with Crippen LogP contribution in [0.1, 0.15) is 56.1 Å². The topological polar surface area (TPSA) is 37.3 Å². The number of carbonyl (C=O) groups is 1.